The zero-order chi connectivity index (χ0) is 17.7. The molecule has 24 heavy (non-hydrogen) atoms. The Kier molecular flexibility index (Phi) is 5.82. The second-order valence-electron chi connectivity index (χ2n) is 5.91. The van der Waals surface area contributed by atoms with E-state index in [0.29, 0.717) is 0 Å². The maximum atomic E-state index is 12.9. The molecule has 2 rings (SSSR count). The molecule has 0 saturated heterocycles. The highest BCUT2D eigenvalue weighted by Crippen LogP contribution is 2.31. The van der Waals surface area contributed by atoms with Crippen molar-refractivity contribution in [2.75, 3.05) is 6.54 Å². The summed E-state index contributed by atoms with van der Waals surface area (Å²) in [6.45, 7) is -0.367. The van der Waals surface area contributed by atoms with Crippen molar-refractivity contribution in [2.24, 2.45) is 5.73 Å². The van der Waals surface area contributed by atoms with Crippen LogP contribution in [0.25, 0.3) is 0 Å². The van der Waals surface area contributed by atoms with Gasteiger partial charge in [0, 0.05) is 12.1 Å². The average Bonchev–Trinajstić information content (AvgIpc) is 2.54. The van der Waals surface area contributed by atoms with Gasteiger partial charge >= 0.3 is 6.18 Å². The third-order valence-electron chi connectivity index (χ3n) is 4.02. The monoisotopic (exact) mass is 343 g/mol. The van der Waals surface area contributed by atoms with Crippen LogP contribution in [-0.4, -0.2) is 30.4 Å². The molecule has 1 aliphatic rings. The molecule has 0 aromatic heterocycles. The van der Waals surface area contributed by atoms with Gasteiger partial charge in [-0.3, -0.25) is 9.59 Å². The van der Waals surface area contributed by atoms with E-state index in [1.165, 1.54) is 12.1 Å². The van der Waals surface area contributed by atoms with E-state index in [2.05, 4.69) is 10.6 Å². The largest absolute Gasteiger partial charge is 0.417 e. The third-order valence-corrected chi connectivity index (χ3v) is 4.02. The fraction of sp³-hybridized carbons (Fsp3) is 0.500. The second kappa shape index (κ2) is 7.65. The molecule has 1 fully saturated rings. The number of rotatable bonds is 4. The van der Waals surface area contributed by atoms with Crippen LogP contribution in [0.3, 0.4) is 0 Å². The van der Waals surface area contributed by atoms with E-state index in [1.807, 2.05) is 0 Å². The van der Waals surface area contributed by atoms with Gasteiger partial charge in [0.05, 0.1) is 17.7 Å². The van der Waals surface area contributed by atoms with Gasteiger partial charge in [0.15, 0.2) is 0 Å². The highest BCUT2D eigenvalue weighted by Gasteiger charge is 2.34. The second-order valence-corrected chi connectivity index (χ2v) is 5.91. The van der Waals surface area contributed by atoms with E-state index in [-0.39, 0.29) is 18.6 Å². The number of hydrogen-bond donors (Lipinski definition) is 3. The molecule has 1 saturated carbocycles. The van der Waals surface area contributed by atoms with E-state index in [4.69, 9.17) is 5.73 Å². The Hall–Kier alpha value is -2.09. The molecule has 0 aliphatic heterocycles. The summed E-state index contributed by atoms with van der Waals surface area (Å²) in [6.07, 6.45) is -1.47. The van der Waals surface area contributed by atoms with Gasteiger partial charge < -0.3 is 16.4 Å². The van der Waals surface area contributed by atoms with Crippen LogP contribution in [0.15, 0.2) is 24.3 Å². The van der Waals surface area contributed by atoms with Crippen LogP contribution in [-0.2, 0) is 11.0 Å². The molecule has 1 aromatic carbocycles. The summed E-state index contributed by atoms with van der Waals surface area (Å²) in [6, 6.07) is 4.61. The van der Waals surface area contributed by atoms with Gasteiger partial charge in [-0.1, -0.05) is 12.1 Å². The minimum absolute atomic E-state index is 0.00309. The lowest BCUT2D eigenvalue weighted by atomic mass is 9.92. The smallest absolute Gasteiger partial charge is 0.352 e. The lowest BCUT2D eigenvalue weighted by Gasteiger charge is -2.26. The number of hydrogen-bond acceptors (Lipinski definition) is 3. The van der Waals surface area contributed by atoms with Crippen molar-refractivity contribution in [3.8, 4) is 0 Å². The fourth-order valence-electron chi connectivity index (χ4n) is 2.73. The Balaban J connectivity index is 1.88. The highest BCUT2D eigenvalue weighted by atomic mass is 19.4. The van der Waals surface area contributed by atoms with Gasteiger partial charge in [0.25, 0.3) is 5.91 Å². The lowest BCUT2D eigenvalue weighted by molar-refractivity contribution is -0.137. The first kappa shape index (κ1) is 18.3. The third kappa shape index (κ3) is 4.95. The molecule has 132 valence electrons. The summed E-state index contributed by atoms with van der Waals surface area (Å²) in [7, 11) is 0. The summed E-state index contributed by atoms with van der Waals surface area (Å²) < 4.78 is 38.6. The van der Waals surface area contributed by atoms with E-state index in [0.717, 1.165) is 37.8 Å². The molecule has 2 amide bonds. The van der Waals surface area contributed by atoms with E-state index >= 15 is 0 Å². The summed E-state index contributed by atoms with van der Waals surface area (Å²) in [5.74, 6) is -1.35. The Bertz CT molecular complexity index is 596. The number of carbonyl (C=O) groups is 2. The molecular formula is C16H20F3N3O2. The Morgan fingerprint density at radius 2 is 1.75 bits per heavy atom. The molecule has 0 bridgehead atoms. The normalized spacial score (nSPS) is 21.2. The number of halogens is 3. The molecule has 1 aliphatic carbocycles. The quantitative estimate of drug-likeness (QED) is 0.780. The molecule has 0 spiro atoms. The molecule has 0 heterocycles. The minimum Gasteiger partial charge on any atom is -0.352 e. The molecule has 4 N–H and O–H groups in total. The summed E-state index contributed by atoms with van der Waals surface area (Å²) >= 11 is 0. The van der Waals surface area contributed by atoms with Gasteiger partial charge in [-0.25, -0.2) is 0 Å². The van der Waals surface area contributed by atoms with Crippen molar-refractivity contribution in [2.45, 2.75) is 43.9 Å². The van der Waals surface area contributed by atoms with Crippen LogP contribution >= 0.6 is 0 Å². The minimum atomic E-state index is -4.63. The van der Waals surface area contributed by atoms with Crippen molar-refractivity contribution >= 4 is 11.8 Å². The van der Waals surface area contributed by atoms with E-state index < -0.39 is 29.1 Å². The van der Waals surface area contributed by atoms with Crippen LogP contribution in [0.2, 0.25) is 0 Å². The Morgan fingerprint density at radius 3 is 2.38 bits per heavy atom. The number of carbonyl (C=O) groups excluding carboxylic acids is 2. The summed E-state index contributed by atoms with van der Waals surface area (Å²) in [5, 5.41) is 4.99. The fourth-order valence-corrected chi connectivity index (χ4v) is 2.73. The zero-order valence-electron chi connectivity index (χ0n) is 13.0. The number of nitrogens with two attached hydrogens (primary N) is 1. The molecule has 0 unspecified atom stereocenters. The summed E-state index contributed by atoms with van der Waals surface area (Å²) in [5.41, 5.74) is 4.26. The van der Waals surface area contributed by atoms with E-state index in [9.17, 15) is 22.8 Å². The summed E-state index contributed by atoms with van der Waals surface area (Å²) in [4.78, 5) is 23.8. The van der Waals surface area contributed by atoms with Crippen LogP contribution in [0.5, 0.6) is 0 Å². The Morgan fingerprint density at radius 1 is 1.12 bits per heavy atom. The number of amides is 2. The van der Waals surface area contributed by atoms with Crippen molar-refractivity contribution in [3.63, 3.8) is 0 Å². The van der Waals surface area contributed by atoms with Crippen molar-refractivity contribution in [1.29, 1.82) is 0 Å². The topological polar surface area (TPSA) is 84.2 Å². The SMILES string of the molecule is NC1CCC(NC(=O)CNC(=O)c2ccccc2C(F)(F)F)CC1. The standard InChI is InChI=1S/C16H20F3N3O2/c17-16(18,19)13-4-2-1-3-12(13)15(24)21-9-14(23)22-11-7-5-10(20)6-8-11/h1-4,10-11H,5-9,20H2,(H,21,24)(H,22,23). The Labute approximate surface area is 137 Å². The highest BCUT2D eigenvalue weighted by molar-refractivity contribution is 5.97. The predicted octanol–water partition coefficient (Wildman–Crippen LogP) is 1.82. The first-order valence-corrected chi connectivity index (χ1v) is 7.76. The molecule has 1 aromatic rings. The maximum Gasteiger partial charge on any atom is 0.417 e. The first-order chi connectivity index (χ1) is 11.3. The van der Waals surface area contributed by atoms with E-state index in [1.54, 1.807) is 0 Å². The van der Waals surface area contributed by atoms with Crippen molar-refractivity contribution in [1.82, 2.24) is 10.6 Å². The maximum absolute atomic E-state index is 12.9. The van der Waals surface area contributed by atoms with Crippen molar-refractivity contribution < 1.29 is 22.8 Å². The molecule has 0 radical (unpaired) electrons. The van der Waals surface area contributed by atoms with Crippen LogP contribution in [0.4, 0.5) is 13.2 Å². The first-order valence-electron chi connectivity index (χ1n) is 7.76. The number of alkyl halides is 3. The van der Waals surface area contributed by atoms with Gasteiger partial charge in [0.1, 0.15) is 0 Å². The molecule has 0 atom stereocenters. The average molecular weight is 343 g/mol. The predicted molar refractivity (Wildman–Crippen MR) is 82.2 cm³/mol. The van der Waals surface area contributed by atoms with Gasteiger partial charge in [-0.2, -0.15) is 13.2 Å². The number of nitrogens with one attached hydrogen (secondary N) is 2. The van der Waals surface area contributed by atoms with Crippen LogP contribution < -0.4 is 16.4 Å². The molecule has 8 heteroatoms. The molecular weight excluding hydrogens is 323 g/mol. The lowest BCUT2D eigenvalue weighted by Crippen LogP contribution is -2.44. The zero-order valence-corrected chi connectivity index (χ0v) is 13.0. The van der Waals surface area contributed by atoms with Gasteiger partial charge in [-0.15, -0.1) is 0 Å². The molecule has 5 nitrogen and oxygen atoms in total. The van der Waals surface area contributed by atoms with Gasteiger partial charge in [0.2, 0.25) is 5.91 Å². The number of benzene rings is 1. The van der Waals surface area contributed by atoms with Crippen LogP contribution in [0, 0.1) is 0 Å². The van der Waals surface area contributed by atoms with Gasteiger partial charge in [-0.05, 0) is 37.8 Å². The van der Waals surface area contributed by atoms with Crippen molar-refractivity contribution in [3.05, 3.63) is 35.4 Å². The van der Waals surface area contributed by atoms with Crippen LogP contribution in [0.1, 0.15) is 41.6 Å².